The fourth-order valence-corrected chi connectivity index (χ4v) is 5.59. The van der Waals surface area contributed by atoms with E-state index in [0.29, 0.717) is 24.2 Å². The molecule has 1 saturated heterocycles. The lowest BCUT2D eigenvalue weighted by Crippen LogP contribution is -2.60. The largest absolute Gasteiger partial charge is 0.453 e. The molecule has 3 aromatic carbocycles. The van der Waals surface area contributed by atoms with E-state index < -0.39 is 16.1 Å². The first kappa shape index (κ1) is 22.7. The van der Waals surface area contributed by atoms with Crippen molar-refractivity contribution in [2.75, 3.05) is 20.2 Å². The Morgan fingerprint density at radius 2 is 1.57 bits per heavy atom. The lowest BCUT2D eigenvalue weighted by molar-refractivity contribution is 0.0558. The maximum atomic E-state index is 13.6. The number of carbonyl (C=O) groups is 2. The van der Waals surface area contributed by atoms with Crippen molar-refractivity contribution in [2.45, 2.75) is 10.9 Å². The second-order valence-electron chi connectivity index (χ2n) is 8.29. The average Bonchev–Trinajstić information content (AvgIpc) is 3.26. The number of nitrogens with one attached hydrogen (secondary N) is 1. The summed E-state index contributed by atoms with van der Waals surface area (Å²) < 4.78 is 33.0. The number of nitrogens with zero attached hydrogens (tertiary/aromatic N) is 2. The molecule has 0 atom stereocenters. The zero-order chi connectivity index (χ0) is 24.6. The minimum absolute atomic E-state index is 0.0864. The van der Waals surface area contributed by atoms with E-state index in [1.807, 2.05) is 42.5 Å². The van der Waals surface area contributed by atoms with Crippen LogP contribution in [0.1, 0.15) is 10.4 Å². The van der Waals surface area contributed by atoms with Gasteiger partial charge in [0, 0.05) is 35.8 Å². The van der Waals surface area contributed by atoms with Crippen LogP contribution in [0.2, 0.25) is 0 Å². The predicted octanol–water partition coefficient (Wildman–Crippen LogP) is 3.73. The highest BCUT2D eigenvalue weighted by Gasteiger charge is 2.32. The third kappa shape index (κ3) is 4.15. The molecule has 0 unspecified atom stereocenters. The van der Waals surface area contributed by atoms with Crippen LogP contribution in [-0.2, 0) is 14.8 Å². The second-order valence-corrected chi connectivity index (χ2v) is 10.1. The van der Waals surface area contributed by atoms with E-state index in [1.165, 1.54) is 35.3 Å². The summed E-state index contributed by atoms with van der Waals surface area (Å²) >= 11 is 0. The van der Waals surface area contributed by atoms with Gasteiger partial charge in [0.15, 0.2) is 0 Å². The van der Waals surface area contributed by atoms with Crippen molar-refractivity contribution >= 4 is 32.9 Å². The number of alkyl carbamates (subject to hydrolysis) is 1. The fourth-order valence-electron chi connectivity index (χ4n) is 4.22. The summed E-state index contributed by atoms with van der Waals surface area (Å²) in [6, 6.07) is 22.8. The standard InChI is InChI=1S/C26H23N3O5S/c1-34-26(31)27-20-15-28(16-20)25(30)19-11-13-21(14-12-19)35(32,33)29-17-23(18-7-3-2-4-8-18)22-9-5-6-10-24(22)29/h2-14,17,20H,15-16H2,1H3,(H,27,31). The molecule has 4 aromatic rings. The van der Waals surface area contributed by atoms with Crippen LogP contribution in [0.15, 0.2) is 90.0 Å². The van der Waals surface area contributed by atoms with Gasteiger partial charge in [-0.2, -0.15) is 0 Å². The van der Waals surface area contributed by atoms with Gasteiger partial charge in [0.1, 0.15) is 0 Å². The third-order valence-electron chi connectivity index (χ3n) is 6.10. The average molecular weight is 490 g/mol. The van der Waals surface area contributed by atoms with Crippen molar-refractivity contribution in [1.29, 1.82) is 0 Å². The van der Waals surface area contributed by atoms with Crippen LogP contribution < -0.4 is 5.32 Å². The van der Waals surface area contributed by atoms with Gasteiger partial charge in [0.05, 0.1) is 23.6 Å². The molecular formula is C26H23N3O5S. The molecule has 1 aliphatic rings. The number of para-hydroxylation sites is 1. The van der Waals surface area contributed by atoms with Crippen LogP contribution in [0, 0.1) is 0 Å². The molecule has 1 aliphatic heterocycles. The van der Waals surface area contributed by atoms with E-state index in [9.17, 15) is 18.0 Å². The van der Waals surface area contributed by atoms with Crippen molar-refractivity contribution in [3.8, 4) is 11.1 Å². The lowest BCUT2D eigenvalue weighted by Gasteiger charge is -2.39. The van der Waals surface area contributed by atoms with Crippen LogP contribution in [0.5, 0.6) is 0 Å². The number of methoxy groups -OCH3 is 1. The highest BCUT2D eigenvalue weighted by Crippen LogP contribution is 2.33. The van der Waals surface area contributed by atoms with Crippen LogP contribution in [0.3, 0.4) is 0 Å². The van der Waals surface area contributed by atoms with Crippen molar-refractivity contribution in [3.63, 3.8) is 0 Å². The number of fused-ring (bicyclic) bond motifs is 1. The number of hydrogen-bond acceptors (Lipinski definition) is 5. The Hall–Kier alpha value is -4.11. The van der Waals surface area contributed by atoms with Crippen molar-refractivity contribution in [3.05, 3.63) is 90.6 Å². The molecule has 8 nitrogen and oxygen atoms in total. The summed E-state index contributed by atoms with van der Waals surface area (Å²) in [5, 5.41) is 3.48. The van der Waals surface area contributed by atoms with Gasteiger partial charge in [-0.3, -0.25) is 4.79 Å². The van der Waals surface area contributed by atoms with Crippen LogP contribution >= 0.6 is 0 Å². The minimum Gasteiger partial charge on any atom is -0.453 e. The first-order valence-corrected chi connectivity index (χ1v) is 12.5. The molecule has 35 heavy (non-hydrogen) atoms. The van der Waals surface area contributed by atoms with Crippen LogP contribution in [-0.4, -0.2) is 55.5 Å². The Kier molecular flexibility index (Phi) is 5.78. The van der Waals surface area contributed by atoms with E-state index in [4.69, 9.17) is 0 Å². The number of aromatic nitrogens is 1. The molecule has 9 heteroatoms. The van der Waals surface area contributed by atoms with Gasteiger partial charge in [-0.25, -0.2) is 17.2 Å². The van der Waals surface area contributed by atoms with Gasteiger partial charge < -0.3 is 15.0 Å². The predicted molar refractivity (Wildman–Crippen MR) is 132 cm³/mol. The number of ether oxygens (including phenoxy) is 1. The quantitative estimate of drug-likeness (QED) is 0.461. The second kappa shape index (κ2) is 8.92. The van der Waals surface area contributed by atoms with E-state index in [2.05, 4.69) is 10.1 Å². The molecule has 5 rings (SSSR count). The Bertz CT molecular complexity index is 1510. The maximum absolute atomic E-state index is 13.6. The molecule has 0 bridgehead atoms. The molecule has 1 fully saturated rings. The lowest BCUT2D eigenvalue weighted by atomic mass is 10.1. The SMILES string of the molecule is COC(=O)NC1CN(C(=O)c2ccc(S(=O)(=O)n3cc(-c4ccccc4)c4ccccc43)cc2)C1. The molecule has 1 aromatic heterocycles. The Labute approximate surface area is 202 Å². The van der Waals surface area contributed by atoms with E-state index in [1.54, 1.807) is 23.2 Å². The highest BCUT2D eigenvalue weighted by atomic mass is 32.2. The third-order valence-corrected chi connectivity index (χ3v) is 7.78. The Morgan fingerprint density at radius 1 is 0.914 bits per heavy atom. The minimum atomic E-state index is -3.90. The van der Waals surface area contributed by atoms with Crippen LogP contribution in [0.25, 0.3) is 22.0 Å². The summed E-state index contributed by atoms with van der Waals surface area (Å²) in [5.74, 6) is -0.227. The highest BCUT2D eigenvalue weighted by molar-refractivity contribution is 7.90. The summed E-state index contributed by atoms with van der Waals surface area (Å²) in [5.41, 5.74) is 2.71. The van der Waals surface area contributed by atoms with Gasteiger partial charge in [0.25, 0.3) is 15.9 Å². The molecule has 1 N–H and O–H groups in total. The van der Waals surface area contributed by atoms with Gasteiger partial charge in [-0.15, -0.1) is 0 Å². The first-order chi connectivity index (χ1) is 16.9. The number of rotatable bonds is 5. The normalized spacial score (nSPS) is 13.9. The maximum Gasteiger partial charge on any atom is 0.407 e. The Morgan fingerprint density at radius 3 is 2.26 bits per heavy atom. The van der Waals surface area contributed by atoms with Crippen LogP contribution in [0.4, 0.5) is 4.79 Å². The molecule has 2 amide bonds. The monoisotopic (exact) mass is 489 g/mol. The topological polar surface area (TPSA) is 97.7 Å². The van der Waals surface area contributed by atoms with Gasteiger partial charge in [0.2, 0.25) is 0 Å². The molecular weight excluding hydrogens is 466 g/mol. The van der Waals surface area contributed by atoms with Gasteiger partial charge in [-0.1, -0.05) is 48.5 Å². The van der Waals surface area contributed by atoms with Crippen molar-refractivity contribution in [2.24, 2.45) is 0 Å². The first-order valence-electron chi connectivity index (χ1n) is 11.0. The molecule has 178 valence electrons. The van der Waals surface area contributed by atoms with Gasteiger partial charge >= 0.3 is 6.09 Å². The van der Waals surface area contributed by atoms with E-state index in [-0.39, 0.29) is 16.8 Å². The summed E-state index contributed by atoms with van der Waals surface area (Å²) in [6.07, 6.45) is 1.10. The molecule has 2 heterocycles. The molecule has 0 aliphatic carbocycles. The molecule has 0 radical (unpaired) electrons. The number of carbonyl (C=O) groups excluding carboxylic acids is 2. The number of likely N-dealkylation sites (tertiary alicyclic amines) is 1. The zero-order valence-electron chi connectivity index (χ0n) is 18.9. The van der Waals surface area contributed by atoms with Crippen molar-refractivity contribution < 1.29 is 22.7 Å². The number of hydrogen-bond donors (Lipinski definition) is 1. The zero-order valence-corrected chi connectivity index (χ0v) is 19.7. The number of benzene rings is 3. The fraction of sp³-hybridized carbons (Fsp3) is 0.154. The molecule has 0 saturated carbocycles. The summed E-state index contributed by atoms with van der Waals surface area (Å²) in [7, 11) is -2.62. The summed E-state index contributed by atoms with van der Waals surface area (Å²) in [6.45, 7) is 0.733. The number of amides is 2. The molecule has 0 spiro atoms. The van der Waals surface area contributed by atoms with Gasteiger partial charge in [-0.05, 0) is 35.9 Å². The smallest absolute Gasteiger partial charge is 0.407 e. The Balaban J connectivity index is 1.41. The van der Waals surface area contributed by atoms with Crippen molar-refractivity contribution in [1.82, 2.24) is 14.2 Å². The van der Waals surface area contributed by atoms with E-state index >= 15 is 0 Å². The van der Waals surface area contributed by atoms with E-state index in [0.717, 1.165) is 16.5 Å². The summed E-state index contributed by atoms with van der Waals surface area (Å²) in [4.78, 5) is 25.7.